The van der Waals surface area contributed by atoms with Crippen molar-refractivity contribution >= 4 is 0 Å². The predicted octanol–water partition coefficient (Wildman–Crippen LogP) is 0.949. The summed E-state index contributed by atoms with van der Waals surface area (Å²) in [5, 5.41) is 2.58. The Morgan fingerprint density at radius 1 is 1.58 bits per heavy atom. The van der Waals surface area contributed by atoms with Gasteiger partial charge in [-0.25, -0.2) is 0 Å². The molecule has 0 spiro atoms. The maximum Gasteiger partial charge on any atom is 0.264 e. The van der Waals surface area contributed by atoms with Gasteiger partial charge in [0.05, 0.1) is 5.60 Å². The Morgan fingerprint density at radius 3 is 2.67 bits per heavy atom. The highest BCUT2D eigenvalue weighted by molar-refractivity contribution is 4.78. The number of hydrogen-bond acceptors (Lipinski definition) is 2. The van der Waals surface area contributed by atoms with E-state index in [2.05, 4.69) is 5.10 Å². The van der Waals surface area contributed by atoms with Crippen molar-refractivity contribution in [3.63, 3.8) is 0 Å². The van der Waals surface area contributed by atoms with Gasteiger partial charge in [0.2, 0.25) is 0 Å². The molecule has 0 unspecified atom stereocenters. The molecule has 0 radical (unpaired) electrons. The summed E-state index contributed by atoms with van der Waals surface area (Å²) in [6.07, 6.45) is 1.66. The zero-order valence-electron chi connectivity index (χ0n) is 7.63. The molecule has 1 aromatic rings. The molecule has 0 aliphatic carbocycles. The number of rotatable bonds is 2. The van der Waals surface area contributed by atoms with E-state index in [1.54, 1.807) is 10.9 Å². The lowest BCUT2D eigenvalue weighted by atomic mass is 10.2. The van der Waals surface area contributed by atoms with Gasteiger partial charge in [-0.2, -0.15) is 0 Å². The van der Waals surface area contributed by atoms with Crippen molar-refractivity contribution in [1.82, 2.24) is 9.78 Å². The van der Waals surface area contributed by atoms with Crippen LogP contribution in [-0.2, 0) is 11.5 Å². The minimum Gasteiger partial charge on any atom is -0.354 e. The second kappa shape index (κ2) is 3.15. The summed E-state index contributed by atoms with van der Waals surface area (Å²) in [6, 6.07) is 1.46. The van der Waals surface area contributed by atoms with Crippen molar-refractivity contribution < 1.29 is 4.74 Å². The average molecular weight is 170 g/mol. The first kappa shape index (κ1) is 9.06. The highest BCUT2D eigenvalue weighted by Crippen LogP contribution is 2.06. The van der Waals surface area contributed by atoms with Crippen LogP contribution in [0.25, 0.3) is 0 Å². The molecule has 0 saturated heterocycles. The summed E-state index contributed by atoms with van der Waals surface area (Å²) in [6.45, 7) is 6.28. The first-order valence-electron chi connectivity index (χ1n) is 3.87. The molecule has 68 valence electrons. The van der Waals surface area contributed by atoms with Crippen LogP contribution in [0, 0.1) is 0 Å². The third kappa shape index (κ3) is 2.92. The molecular weight excluding hydrogens is 156 g/mol. The molecule has 1 rings (SSSR count). The lowest BCUT2D eigenvalue weighted by molar-refractivity contribution is -0.0481. The molecule has 1 aromatic heterocycles. The molecule has 0 saturated carbocycles. The average Bonchev–Trinajstić information content (AvgIpc) is 2.30. The van der Waals surface area contributed by atoms with Crippen molar-refractivity contribution in [2.24, 2.45) is 0 Å². The van der Waals surface area contributed by atoms with E-state index in [-0.39, 0.29) is 11.2 Å². The van der Waals surface area contributed by atoms with E-state index in [0.717, 1.165) is 0 Å². The molecule has 0 aliphatic rings. The molecule has 4 nitrogen and oxygen atoms in total. The van der Waals surface area contributed by atoms with Crippen molar-refractivity contribution in [3.05, 3.63) is 22.6 Å². The van der Waals surface area contributed by atoms with E-state index < -0.39 is 0 Å². The van der Waals surface area contributed by atoms with Crippen LogP contribution >= 0.6 is 0 Å². The van der Waals surface area contributed by atoms with Gasteiger partial charge in [-0.05, 0) is 20.8 Å². The van der Waals surface area contributed by atoms with E-state index in [9.17, 15) is 4.79 Å². The van der Waals surface area contributed by atoms with Crippen LogP contribution in [0.3, 0.4) is 0 Å². The number of aromatic nitrogens is 2. The summed E-state index contributed by atoms with van der Waals surface area (Å²) in [7, 11) is 0. The second-order valence-electron chi connectivity index (χ2n) is 3.65. The van der Waals surface area contributed by atoms with Crippen molar-refractivity contribution in [2.75, 3.05) is 0 Å². The highest BCUT2D eigenvalue weighted by Gasteiger charge is 2.09. The first-order chi connectivity index (χ1) is 5.47. The summed E-state index contributed by atoms with van der Waals surface area (Å²) in [4.78, 5) is 10.7. The number of nitrogens with zero attached hydrogens (tertiary/aromatic N) is 1. The summed E-state index contributed by atoms with van der Waals surface area (Å²) < 4.78 is 7.03. The van der Waals surface area contributed by atoms with Crippen LogP contribution < -0.4 is 5.56 Å². The molecule has 0 aliphatic heterocycles. The second-order valence-corrected chi connectivity index (χ2v) is 3.65. The van der Waals surface area contributed by atoms with Gasteiger partial charge < -0.3 is 4.74 Å². The molecule has 0 amide bonds. The lowest BCUT2D eigenvalue weighted by Gasteiger charge is -2.19. The van der Waals surface area contributed by atoms with Gasteiger partial charge in [0.25, 0.3) is 5.56 Å². The van der Waals surface area contributed by atoms with E-state index >= 15 is 0 Å². The Hall–Kier alpha value is -1.03. The molecule has 0 aromatic carbocycles. The van der Waals surface area contributed by atoms with Gasteiger partial charge in [0.15, 0.2) is 0 Å². The minimum absolute atomic E-state index is 0.104. The number of H-pyrrole nitrogens is 1. The van der Waals surface area contributed by atoms with Gasteiger partial charge >= 0.3 is 0 Å². The monoisotopic (exact) mass is 170 g/mol. The molecule has 1 heterocycles. The molecular formula is C8H14N2O2. The van der Waals surface area contributed by atoms with Gasteiger partial charge in [-0.3, -0.25) is 14.6 Å². The zero-order valence-corrected chi connectivity index (χ0v) is 7.63. The Labute approximate surface area is 71.1 Å². The fourth-order valence-corrected chi connectivity index (χ4v) is 0.712. The standard InChI is InChI=1S/C8H14N2O2/c1-8(2,3)12-6-10-5-4-7(11)9-10/h4-5H,6H2,1-3H3,(H,9,11). The summed E-state index contributed by atoms with van der Waals surface area (Å²) >= 11 is 0. The first-order valence-corrected chi connectivity index (χ1v) is 3.87. The Bertz CT molecular complexity index is 292. The Balaban J connectivity index is 2.49. The smallest absolute Gasteiger partial charge is 0.264 e. The van der Waals surface area contributed by atoms with Crippen LogP contribution in [-0.4, -0.2) is 15.4 Å². The lowest BCUT2D eigenvalue weighted by Crippen LogP contribution is -2.21. The molecule has 0 atom stereocenters. The molecule has 0 bridgehead atoms. The number of hydrogen-bond donors (Lipinski definition) is 1. The van der Waals surface area contributed by atoms with E-state index in [0.29, 0.717) is 6.73 Å². The third-order valence-corrected chi connectivity index (χ3v) is 1.30. The molecule has 4 heteroatoms. The minimum atomic E-state index is -0.179. The van der Waals surface area contributed by atoms with Gasteiger partial charge in [-0.15, -0.1) is 0 Å². The van der Waals surface area contributed by atoms with Crippen molar-refractivity contribution in [1.29, 1.82) is 0 Å². The number of nitrogens with one attached hydrogen (secondary N) is 1. The van der Waals surface area contributed by atoms with Crippen LogP contribution in [0.4, 0.5) is 0 Å². The zero-order chi connectivity index (χ0) is 9.19. The van der Waals surface area contributed by atoms with Crippen molar-refractivity contribution in [2.45, 2.75) is 33.1 Å². The van der Waals surface area contributed by atoms with Crippen LogP contribution in [0.1, 0.15) is 20.8 Å². The molecule has 1 N–H and O–H groups in total. The van der Waals surface area contributed by atoms with Crippen molar-refractivity contribution in [3.8, 4) is 0 Å². The summed E-state index contributed by atoms with van der Waals surface area (Å²) in [5.74, 6) is 0. The maximum atomic E-state index is 10.7. The highest BCUT2D eigenvalue weighted by atomic mass is 16.5. The summed E-state index contributed by atoms with van der Waals surface area (Å²) in [5.41, 5.74) is -0.284. The SMILES string of the molecule is CC(C)(C)OCn1ccc(=O)[nH]1. The Kier molecular flexibility index (Phi) is 2.38. The Morgan fingerprint density at radius 2 is 2.25 bits per heavy atom. The maximum absolute atomic E-state index is 10.7. The fraction of sp³-hybridized carbons (Fsp3) is 0.625. The predicted molar refractivity (Wildman–Crippen MR) is 45.9 cm³/mol. The molecule has 0 fully saturated rings. The van der Waals surface area contributed by atoms with Crippen LogP contribution in [0.15, 0.2) is 17.1 Å². The van der Waals surface area contributed by atoms with Gasteiger partial charge in [0.1, 0.15) is 6.73 Å². The van der Waals surface area contributed by atoms with Gasteiger partial charge in [-0.1, -0.05) is 0 Å². The van der Waals surface area contributed by atoms with Gasteiger partial charge in [0, 0.05) is 12.3 Å². The largest absolute Gasteiger partial charge is 0.354 e. The molecule has 12 heavy (non-hydrogen) atoms. The third-order valence-electron chi connectivity index (χ3n) is 1.30. The van der Waals surface area contributed by atoms with Crippen LogP contribution in [0.2, 0.25) is 0 Å². The fourth-order valence-electron chi connectivity index (χ4n) is 0.712. The number of aromatic amines is 1. The van der Waals surface area contributed by atoms with E-state index in [4.69, 9.17) is 4.74 Å². The van der Waals surface area contributed by atoms with E-state index in [1.807, 2.05) is 20.8 Å². The van der Waals surface area contributed by atoms with Crippen LogP contribution in [0.5, 0.6) is 0 Å². The normalized spacial score (nSPS) is 11.9. The topological polar surface area (TPSA) is 47.0 Å². The van der Waals surface area contributed by atoms with E-state index in [1.165, 1.54) is 6.07 Å². The quantitative estimate of drug-likeness (QED) is 0.718. The number of ether oxygens (including phenoxy) is 1.